The summed E-state index contributed by atoms with van der Waals surface area (Å²) in [5.41, 5.74) is 3.00. The van der Waals surface area contributed by atoms with Crippen molar-refractivity contribution in [3.05, 3.63) is 66.4 Å². The number of ether oxygens (including phenoxy) is 2. The molecule has 1 aliphatic rings. The molecule has 1 atom stereocenters. The molecule has 0 bridgehead atoms. The van der Waals surface area contributed by atoms with E-state index in [4.69, 9.17) is 9.47 Å². The van der Waals surface area contributed by atoms with Gasteiger partial charge in [-0.25, -0.2) is 4.68 Å². The maximum atomic E-state index is 5.40. The number of hydrogen-bond donors (Lipinski definition) is 0. The summed E-state index contributed by atoms with van der Waals surface area (Å²) < 4.78 is 12.6. The van der Waals surface area contributed by atoms with Gasteiger partial charge in [-0.05, 0) is 24.6 Å². The van der Waals surface area contributed by atoms with Crippen LogP contribution in [0.2, 0.25) is 0 Å². The SMILES string of the molecule is CC(/C=C/c1ccc2c(c1)OCO2)n1cc(-c2ccccc2)nn1. The quantitative estimate of drug-likeness (QED) is 0.730. The van der Waals surface area contributed by atoms with Crippen LogP contribution in [-0.2, 0) is 0 Å². The zero-order chi connectivity index (χ0) is 16.4. The first kappa shape index (κ1) is 14.5. The maximum absolute atomic E-state index is 5.40. The number of allylic oxidation sites excluding steroid dienone is 1. The molecule has 0 saturated heterocycles. The highest BCUT2D eigenvalue weighted by Gasteiger charge is 2.12. The molecule has 3 aromatic rings. The zero-order valence-corrected chi connectivity index (χ0v) is 13.3. The van der Waals surface area contributed by atoms with Gasteiger partial charge in [-0.15, -0.1) is 5.10 Å². The number of rotatable bonds is 4. The van der Waals surface area contributed by atoms with E-state index in [1.807, 2.05) is 59.4 Å². The molecule has 0 fully saturated rings. The minimum absolute atomic E-state index is 0.0976. The van der Waals surface area contributed by atoms with Gasteiger partial charge in [0.25, 0.3) is 0 Å². The van der Waals surface area contributed by atoms with Crippen molar-refractivity contribution in [3.63, 3.8) is 0 Å². The average Bonchev–Trinajstić information content (AvgIpc) is 3.29. The Kier molecular flexibility index (Phi) is 3.75. The van der Waals surface area contributed by atoms with E-state index in [9.17, 15) is 0 Å². The molecular formula is C19H17N3O2. The van der Waals surface area contributed by atoms with E-state index in [1.54, 1.807) is 0 Å². The predicted molar refractivity (Wildman–Crippen MR) is 91.8 cm³/mol. The van der Waals surface area contributed by atoms with Gasteiger partial charge in [0.1, 0.15) is 5.69 Å². The Hall–Kier alpha value is -3.08. The summed E-state index contributed by atoms with van der Waals surface area (Å²) in [4.78, 5) is 0. The molecule has 4 rings (SSSR count). The van der Waals surface area contributed by atoms with Crippen LogP contribution in [0.25, 0.3) is 17.3 Å². The summed E-state index contributed by atoms with van der Waals surface area (Å²) in [6.07, 6.45) is 6.10. The van der Waals surface area contributed by atoms with E-state index < -0.39 is 0 Å². The van der Waals surface area contributed by atoms with Gasteiger partial charge in [0.15, 0.2) is 11.5 Å². The summed E-state index contributed by atoms with van der Waals surface area (Å²) in [5, 5.41) is 8.49. The first-order chi connectivity index (χ1) is 11.8. The summed E-state index contributed by atoms with van der Waals surface area (Å²) >= 11 is 0. The molecule has 120 valence electrons. The third-order valence-electron chi connectivity index (χ3n) is 3.96. The lowest BCUT2D eigenvalue weighted by Gasteiger charge is -2.05. The van der Waals surface area contributed by atoms with Gasteiger partial charge in [0, 0.05) is 5.56 Å². The summed E-state index contributed by atoms with van der Waals surface area (Å²) in [6.45, 7) is 2.37. The van der Waals surface area contributed by atoms with Gasteiger partial charge in [0.05, 0.1) is 12.2 Å². The maximum Gasteiger partial charge on any atom is 0.231 e. The first-order valence-electron chi connectivity index (χ1n) is 7.85. The molecule has 0 N–H and O–H groups in total. The molecule has 1 aliphatic heterocycles. The van der Waals surface area contributed by atoms with Crippen LogP contribution in [0, 0.1) is 0 Å². The highest BCUT2D eigenvalue weighted by molar-refractivity contribution is 5.58. The van der Waals surface area contributed by atoms with Crippen molar-refractivity contribution in [3.8, 4) is 22.8 Å². The molecule has 1 aromatic heterocycles. The number of aromatic nitrogens is 3. The Bertz CT molecular complexity index is 871. The first-order valence-corrected chi connectivity index (χ1v) is 7.85. The summed E-state index contributed by atoms with van der Waals surface area (Å²) in [6, 6.07) is 16.0. The molecular weight excluding hydrogens is 302 g/mol. The fourth-order valence-electron chi connectivity index (χ4n) is 2.57. The van der Waals surface area contributed by atoms with Crippen molar-refractivity contribution in [2.75, 3.05) is 6.79 Å². The van der Waals surface area contributed by atoms with Crippen LogP contribution in [0.3, 0.4) is 0 Å². The van der Waals surface area contributed by atoms with Gasteiger partial charge < -0.3 is 9.47 Å². The predicted octanol–water partition coefficient (Wildman–Crippen LogP) is 3.95. The molecule has 0 saturated carbocycles. The van der Waals surface area contributed by atoms with Crippen LogP contribution >= 0.6 is 0 Å². The monoisotopic (exact) mass is 319 g/mol. The number of hydrogen-bond acceptors (Lipinski definition) is 4. The van der Waals surface area contributed by atoms with E-state index in [-0.39, 0.29) is 6.04 Å². The molecule has 1 unspecified atom stereocenters. The van der Waals surface area contributed by atoms with Crippen LogP contribution in [0.5, 0.6) is 11.5 Å². The van der Waals surface area contributed by atoms with E-state index in [1.165, 1.54) is 0 Å². The van der Waals surface area contributed by atoms with E-state index in [0.717, 1.165) is 28.3 Å². The standard InChI is InChI=1S/C19H17N3O2/c1-14(7-8-15-9-10-18-19(11-15)24-13-23-18)22-12-17(20-21-22)16-5-3-2-4-6-16/h2-12,14H,13H2,1H3/b8-7+. The van der Waals surface area contributed by atoms with Gasteiger partial charge in [-0.1, -0.05) is 53.8 Å². The van der Waals surface area contributed by atoms with Gasteiger partial charge >= 0.3 is 0 Å². The Labute approximate surface area is 140 Å². The van der Waals surface area contributed by atoms with Crippen LogP contribution in [0.4, 0.5) is 0 Å². The van der Waals surface area contributed by atoms with Crippen molar-refractivity contribution in [2.24, 2.45) is 0 Å². The third kappa shape index (κ3) is 2.88. The second kappa shape index (κ2) is 6.20. The molecule has 5 nitrogen and oxygen atoms in total. The second-order valence-electron chi connectivity index (χ2n) is 5.66. The smallest absolute Gasteiger partial charge is 0.231 e. The lowest BCUT2D eigenvalue weighted by atomic mass is 10.1. The van der Waals surface area contributed by atoms with Crippen LogP contribution in [0.15, 0.2) is 60.8 Å². The number of fused-ring (bicyclic) bond motifs is 1. The lowest BCUT2D eigenvalue weighted by Crippen LogP contribution is -2.02. The molecule has 0 spiro atoms. The van der Waals surface area contributed by atoms with Crippen molar-refractivity contribution in [1.82, 2.24) is 15.0 Å². The van der Waals surface area contributed by atoms with Crippen LogP contribution in [0.1, 0.15) is 18.5 Å². The fourth-order valence-corrected chi connectivity index (χ4v) is 2.57. The van der Waals surface area contributed by atoms with Crippen LogP contribution in [-0.4, -0.2) is 21.8 Å². The van der Waals surface area contributed by atoms with E-state index in [0.29, 0.717) is 6.79 Å². The van der Waals surface area contributed by atoms with Crippen molar-refractivity contribution < 1.29 is 9.47 Å². The molecule has 2 heterocycles. The Morgan fingerprint density at radius 3 is 2.79 bits per heavy atom. The average molecular weight is 319 g/mol. The van der Waals surface area contributed by atoms with Crippen molar-refractivity contribution >= 4 is 6.08 Å². The van der Waals surface area contributed by atoms with E-state index in [2.05, 4.69) is 29.4 Å². The van der Waals surface area contributed by atoms with Crippen LogP contribution < -0.4 is 9.47 Å². The molecule has 5 heteroatoms. The molecule has 2 aromatic carbocycles. The van der Waals surface area contributed by atoms with E-state index >= 15 is 0 Å². The molecule has 0 radical (unpaired) electrons. The highest BCUT2D eigenvalue weighted by atomic mass is 16.7. The van der Waals surface area contributed by atoms with Gasteiger partial charge in [-0.3, -0.25) is 0 Å². The Morgan fingerprint density at radius 1 is 1.08 bits per heavy atom. The zero-order valence-electron chi connectivity index (χ0n) is 13.3. The number of benzene rings is 2. The lowest BCUT2D eigenvalue weighted by molar-refractivity contribution is 0.174. The Morgan fingerprint density at radius 2 is 1.92 bits per heavy atom. The topological polar surface area (TPSA) is 49.2 Å². The third-order valence-corrected chi connectivity index (χ3v) is 3.96. The largest absolute Gasteiger partial charge is 0.454 e. The fraction of sp³-hybridized carbons (Fsp3) is 0.158. The normalized spacial score (nSPS) is 14.2. The van der Waals surface area contributed by atoms with Crippen molar-refractivity contribution in [2.45, 2.75) is 13.0 Å². The van der Waals surface area contributed by atoms with Crippen molar-refractivity contribution in [1.29, 1.82) is 0 Å². The van der Waals surface area contributed by atoms with Gasteiger partial charge in [0.2, 0.25) is 6.79 Å². The number of nitrogens with zero attached hydrogens (tertiary/aromatic N) is 3. The highest BCUT2D eigenvalue weighted by Crippen LogP contribution is 2.33. The summed E-state index contributed by atoms with van der Waals surface area (Å²) in [5.74, 6) is 1.58. The summed E-state index contributed by atoms with van der Waals surface area (Å²) in [7, 11) is 0. The minimum atomic E-state index is 0.0976. The second-order valence-corrected chi connectivity index (χ2v) is 5.66. The molecule has 24 heavy (non-hydrogen) atoms. The molecule has 0 aliphatic carbocycles. The Balaban J connectivity index is 1.50. The minimum Gasteiger partial charge on any atom is -0.454 e. The molecule has 0 amide bonds. The van der Waals surface area contributed by atoms with Gasteiger partial charge in [-0.2, -0.15) is 0 Å².